The summed E-state index contributed by atoms with van der Waals surface area (Å²) in [7, 11) is 0. The summed E-state index contributed by atoms with van der Waals surface area (Å²) in [6, 6.07) is 0.578. The molecule has 0 aromatic carbocycles. The van der Waals surface area contributed by atoms with Crippen LogP contribution in [0.4, 0.5) is 0 Å². The zero-order valence-corrected chi connectivity index (χ0v) is 12.0. The highest BCUT2D eigenvalue weighted by Gasteiger charge is 2.51. The molecule has 2 N–H and O–H groups in total. The minimum Gasteiger partial charge on any atom is -0.375 e. The Morgan fingerprint density at radius 2 is 1.68 bits per heavy atom. The van der Waals surface area contributed by atoms with Crippen molar-refractivity contribution >= 4 is 0 Å². The molecule has 5 fully saturated rings. The van der Waals surface area contributed by atoms with Crippen LogP contribution in [0.2, 0.25) is 0 Å². The molecule has 4 aliphatic carbocycles. The second-order valence-corrected chi connectivity index (χ2v) is 7.77. The van der Waals surface area contributed by atoms with Crippen LogP contribution in [0.1, 0.15) is 57.8 Å². The maximum Gasteiger partial charge on any atom is 0.0690 e. The molecule has 1 aliphatic heterocycles. The molecular weight excluding hydrogens is 236 g/mol. The quantitative estimate of drug-likeness (QED) is 0.793. The Kier molecular flexibility index (Phi) is 3.13. The molecular formula is C16H28N2O. The van der Waals surface area contributed by atoms with Crippen molar-refractivity contribution in [3.63, 3.8) is 0 Å². The molecule has 1 atom stereocenters. The summed E-state index contributed by atoms with van der Waals surface area (Å²) >= 11 is 0. The van der Waals surface area contributed by atoms with E-state index in [2.05, 4.69) is 0 Å². The van der Waals surface area contributed by atoms with Crippen LogP contribution in [0.3, 0.4) is 0 Å². The minimum atomic E-state index is 0.285. The Labute approximate surface area is 116 Å². The molecule has 3 heteroatoms. The van der Waals surface area contributed by atoms with Gasteiger partial charge in [-0.05, 0) is 75.5 Å². The Bertz CT molecular complexity index is 308. The second-order valence-electron chi connectivity index (χ2n) is 7.77. The van der Waals surface area contributed by atoms with Gasteiger partial charge in [0.15, 0.2) is 0 Å². The fourth-order valence-electron chi connectivity index (χ4n) is 5.79. The van der Waals surface area contributed by atoms with Gasteiger partial charge >= 0.3 is 0 Å². The topological polar surface area (TPSA) is 38.5 Å². The van der Waals surface area contributed by atoms with Gasteiger partial charge in [0.25, 0.3) is 0 Å². The van der Waals surface area contributed by atoms with Crippen molar-refractivity contribution < 1.29 is 4.74 Å². The highest BCUT2D eigenvalue weighted by molar-refractivity contribution is 5.03. The van der Waals surface area contributed by atoms with Crippen molar-refractivity contribution in [3.8, 4) is 0 Å². The van der Waals surface area contributed by atoms with Crippen LogP contribution >= 0.6 is 0 Å². The third-order valence-corrected chi connectivity index (χ3v) is 6.26. The fraction of sp³-hybridized carbons (Fsp3) is 1.00. The first-order valence-electron chi connectivity index (χ1n) is 8.38. The van der Waals surface area contributed by atoms with Gasteiger partial charge in [-0.1, -0.05) is 0 Å². The third kappa shape index (κ3) is 2.34. The van der Waals surface area contributed by atoms with E-state index in [0.717, 1.165) is 37.3 Å². The molecule has 3 nitrogen and oxygen atoms in total. The van der Waals surface area contributed by atoms with E-state index in [1.165, 1.54) is 51.4 Å². The normalized spacial score (nSPS) is 49.1. The fourth-order valence-corrected chi connectivity index (χ4v) is 5.79. The van der Waals surface area contributed by atoms with Crippen LogP contribution in [-0.2, 0) is 4.74 Å². The Hall–Kier alpha value is -0.120. The van der Waals surface area contributed by atoms with Crippen molar-refractivity contribution in [2.24, 2.45) is 23.6 Å². The van der Waals surface area contributed by atoms with Crippen molar-refractivity contribution in [1.82, 2.24) is 5.01 Å². The molecule has 0 aromatic rings. The number of hydrogen-bond acceptors (Lipinski definition) is 3. The summed E-state index contributed by atoms with van der Waals surface area (Å²) in [4.78, 5) is 0. The lowest BCUT2D eigenvalue weighted by Gasteiger charge is -2.56. The monoisotopic (exact) mass is 264 g/mol. The van der Waals surface area contributed by atoms with Crippen molar-refractivity contribution in [2.75, 3.05) is 13.2 Å². The average molecular weight is 264 g/mol. The molecule has 1 heterocycles. The van der Waals surface area contributed by atoms with E-state index < -0.39 is 0 Å². The second kappa shape index (κ2) is 4.71. The number of hydrazine groups is 1. The number of rotatable bonds is 4. The molecule has 0 spiro atoms. The Morgan fingerprint density at radius 3 is 2.21 bits per heavy atom. The summed E-state index contributed by atoms with van der Waals surface area (Å²) in [5.41, 5.74) is 0.285. The van der Waals surface area contributed by atoms with Crippen LogP contribution in [0.5, 0.6) is 0 Å². The van der Waals surface area contributed by atoms with Gasteiger partial charge in [-0.2, -0.15) is 0 Å². The van der Waals surface area contributed by atoms with E-state index in [-0.39, 0.29) is 5.60 Å². The maximum absolute atomic E-state index is 6.47. The molecule has 5 rings (SSSR count). The molecule has 4 bridgehead atoms. The van der Waals surface area contributed by atoms with Gasteiger partial charge in [0, 0.05) is 19.2 Å². The van der Waals surface area contributed by atoms with Crippen molar-refractivity contribution in [3.05, 3.63) is 0 Å². The third-order valence-electron chi connectivity index (χ3n) is 6.26. The smallest absolute Gasteiger partial charge is 0.0690 e. The lowest BCUT2D eigenvalue weighted by Crippen LogP contribution is -2.52. The molecule has 0 amide bonds. The van der Waals surface area contributed by atoms with Gasteiger partial charge in [0.05, 0.1) is 5.60 Å². The lowest BCUT2D eigenvalue weighted by atomic mass is 9.54. The molecule has 4 saturated carbocycles. The van der Waals surface area contributed by atoms with Crippen LogP contribution in [0.25, 0.3) is 0 Å². The summed E-state index contributed by atoms with van der Waals surface area (Å²) < 4.78 is 6.47. The Morgan fingerprint density at radius 1 is 1.05 bits per heavy atom. The first-order chi connectivity index (χ1) is 9.22. The van der Waals surface area contributed by atoms with Gasteiger partial charge in [-0.3, -0.25) is 5.84 Å². The largest absolute Gasteiger partial charge is 0.375 e. The molecule has 19 heavy (non-hydrogen) atoms. The van der Waals surface area contributed by atoms with E-state index >= 15 is 0 Å². The van der Waals surface area contributed by atoms with Gasteiger partial charge in [-0.15, -0.1) is 0 Å². The average Bonchev–Trinajstić information content (AvgIpc) is 2.73. The molecule has 0 radical (unpaired) electrons. The van der Waals surface area contributed by atoms with Crippen LogP contribution in [0.15, 0.2) is 0 Å². The van der Waals surface area contributed by atoms with Gasteiger partial charge in [0.2, 0.25) is 0 Å². The minimum absolute atomic E-state index is 0.285. The predicted molar refractivity (Wildman–Crippen MR) is 75.4 cm³/mol. The van der Waals surface area contributed by atoms with E-state index in [4.69, 9.17) is 10.6 Å². The first-order valence-corrected chi connectivity index (χ1v) is 8.38. The number of ether oxygens (including phenoxy) is 1. The first kappa shape index (κ1) is 12.6. The Balaban J connectivity index is 1.32. The SMILES string of the molecule is NN1CCCC1CCOC12CC3CC(CC(C3)C1)C2. The zero-order chi connectivity index (χ0) is 12.9. The molecule has 5 aliphatic rings. The van der Waals surface area contributed by atoms with Gasteiger partial charge < -0.3 is 4.74 Å². The van der Waals surface area contributed by atoms with Crippen molar-refractivity contribution in [2.45, 2.75) is 69.4 Å². The number of nitrogens with zero attached hydrogens (tertiary/aromatic N) is 1. The van der Waals surface area contributed by atoms with E-state index in [0.29, 0.717) is 6.04 Å². The standard InChI is InChI=1S/C16H28N2O/c17-18-4-1-2-15(18)3-5-19-16-9-12-6-13(10-16)8-14(7-12)11-16/h12-15H,1-11,17H2. The molecule has 0 aromatic heterocycles. The number of hydrogen-bond donors (Lipinski definition) is 1. The summed E-state index contributed by atoms with van der Waals surface area (Å²) in [6.07, 6.45) is 12.2. The lowest BCUT2D eigenvalue weighted by molar-refractivity contribution is -0.164. The molecule has 1 unspecified atom stereocenters. The van der Waals surface area contributed by atoms with Gasteiger partial charge in [0.1, 0.15) is 0 Å². The van der Waals surface area contributed by atoms with E-state index in [1.807, 2.05) is 5.01 Å². The summed E-state index contributed by atoms with van der Waals surface area (Å²) in [6.45, 7) is 2.01. The molecule has 1 saturated heterocycles. The van der Waals surface area contributed by atoms with Crippen LogP contribution in [-0.4, -0.2) is 29.8 Å². The molecule has 108 valence electrons. The van der Waals surface area contributed by atoms with E-state index in [1.54, 1.807) is 0 Å². The maximum atomic E-state index is 6.47. The van der Waals surface area contributed by atoms with Crippen LogP contribution < -0.4 is 5.84 Å². The number of nitrogens with two attached hydrogens (primary N) is 1. The van der Waals surface area contributed by atoms with Crippen LogP contribution in [0, 0.1) is 17.8 Å². The predicted octanol–water partition coefficient (Wildman–Crippen LogP) is 2.70. The summed E-state index contributed by atoms with van der Waals surface area (Å²) in [5, 5.41) is 2.03. The zero-order valence-electron chi connectivity index (χ0n) is 12.0. The van der Waals surface area contributed by atoms with E-state index in [9.17, 15) is 0 Å². The highest BCUT2D eigenvalue weighted by atomic mass is 16.5. The van der Waals surface area contributed by atoms with Crippen molar-refractivity contribution in [1.29, 1.82) is 0 Å². The van der Waals surface area contributed by atoms with Gasteiger partial charge in [-0.25, -0.2) is 5.01 Å². The summed E-state index contributed by atoms with van der Waals surface area (Å²) in [5.74, 6) is 8.97. The highest BCUT2D eigenvalue weighted by Crippen LogP contribution is 2.57.